The van der Waals surface area contributed by atoms with Crippen molar-refractivity contribution in [3.63, 3.8) is 0 Å². The summed E-state index contributed by atoms with van der Waals surface area (Å²) in [5.41, 5.74) is -0.0838. The van der Waals surface area contributed by atoms with Gasteiger partial charge in [0.25, 0.3) is 11.6 Å². The van der Waals surface area contributed by atoms with Crippen LogP contribution in [0.2, 0.25) is 0 Å². The van der Waals surface area contributed by atoms with E-state index in [2.05, 4.69) is 9.88 Å². The molecule has 0 radical (unpaired) electrons. The Morgan fingerprint density at radius 1 is 1.09 bits per heavy atom. The molecule has 0 aliphatic carbocycles. The van der Waals surface area contributed by atoms with Crippen LogP contribution in [0.3, 0.4) is 0 Å². The molecule has 1 fully saturated rings. The summed E-state index contributed by atoms with van der Waals surface area (Å²) >= 11 is 0. The molecule has 1 aliphatic heterocycles. The highest BCUT2D eigenvalue weighted by Crippen LogP contribution is 2.15. The van der Waals surface area contributed by atoms with Crippen molar-refractivity contribution in [3.05, 3.63) is 20.8 Å². The summed E-state index contributed by atoms with van der Waals surface area (Å²) in [6.45, 7) is 4.49. The van der Waals surface area contributed by atoms with Gasteiger partial charge in [0.15, 0.2) is 11.2 Å². The fourth-order valence-electron chi connectivity index (χ4n) is 2.72. The van der Waals surface area contributed by atoms with E-state index in [0.29, 0.717) is 23.8 Å². The van der Waals surface area contributed by atoms with Crippen molar-refractivity contribution in [2.24, 2.45) is 21.1 Å². The monoisotopic (exact) mass is 323 g/mol. The number of aryl methyl sites for hydroxylation is 2. The Morgan fingerprint density at radius 2 is 1.78 bits per heavy atom. The van der Waals surface area contributed by atoms with E-state index in [9.17, 15) is 9.59 Å². The average Bonchev–Trinajstić information content (AvgIpc) is 2.89. The Balaban J connectivity index is 1.83. The predicted octanol–water partition coefficient (Wildman–Crippen LogP) is -1.32. The maximum Gasteiger partial charge on any atom is 0.332 e. The molecule has 2 aromatic heterocycles. The van der Waals surface area contributed by atoms with Gasteiger partial charge in [-0.3, -0.25) is 23.4 Å². The van der Waals surface area contributed by atoms with Gasteiger partial charge in [-0.15, -0.1) is 0 Å². The lowest BCUT2D eigenvalue weighted by Gasteiger charge is -2.26. The van der Waals surface area contributed by atoms with Crippen LogP contribution in [0.25, 0.3) is 11.2 Å². The highest BCUT2D eigenvalue weighted by atomic mass is 16.5. The molecule has 0 amide bonds. The number of hydrogen-bond donors (Lipinski definition) is 0. The number of rotatable bonds is 4. The fraction of sp³-hybridized carbons (Fsp3) is 0.643. The van der Waals surface area contributed by atoms with Crippen LogP contribution in [-0.2, 0) is 25.9 Å². The highest BCUT2D eigenvalue weighted by Gasteiger charge is 2.18. The zero-order valence-corrected chi connectivity index (χ0v) is 13.6. The lowest BCUT2D eigenvalue weighted by molar-refractivity contribution is 0.0315. The summed E-state index contributed by atoms with van der Waals surface area (Å²) in [5.74, 6) is 0. The van der Waals surface area contributed by atoms with E-state index in [1.807, 2.05) is 0 Å². The summed E-state index contributed by atoms with van der Waals surface area (Å²) in [4.78, 5) is 30.8. The number of imidazole rings is 1. The summed E-state index contributed by atoms with van der Waals surface area (Å²) in [7, 11) is 4.76. The van der Waals surface area contributed by atoms with Crippen LogP contribution in [-0.4, -0.2) is 63.0 Å². The van der Waals surface area contributed by atoms with E-state index < -0.39 is 5.69 Å². The van der Waals surface area contributed by atoms with E-state index in [-0.39, 0.29) is 5.56 Å². The third kappa shape index (κ3) is 2.77. The Hall–Kier alpha value is -2.13. The Morgan fingerprint density at radius 3 is 2.48 bits per heavy atom. The fourth-order valence-corrected chi connectivity index (χ4v) is 2.72. The molecule has 0 bridgehead atoms. The number of nitrogens with zero attached hydrogens (tertiary/aromatic N) is 5. The molecule has 3 rings (SSSR count). The van der Waals surface area contributed by atoms with Gasteiger partial charge >= 0.3 is 5.69 Å². The molecular formula is C14H21N5O4. The number of morpholine rings is 1. The first kappa shape index (κ1) is 15.8. The summed E-state index contributed by atoms with van der Waals surface area (Å²) in [6.07, 6.45) is 0. The van der Waals surface area contributed by atoms with Crippen LogP contribution in [0.15, 0.2) is 9.59 Å². The van der Waals surface area contributed by atoms with Gasteiger partial charge in [-0.05, 0) is 0 Å². The number of hydrogen-bond acceptors (Lipinski definition) is 6. The van der Waals surface area contributed by atoms with E-state index in [0.717, 1.165) is 37.4 Å². The zero-order valence-electron chi connectivity index (χ0n) is 13.6. The van der Waals surface area contributed by atoms with Gasteiger partial charge in [-0.1, -0.05) is 0 Å². The molecule has 0 N–H and O–H groups in total. The molecule has 1 saturated heterocycles. The van der Waals surface area contributed by atoms with Crippen molar-refractivity contribution >= 4 is 11.2 Å². The molecule has 23 heavy (non-hydrogen) atoms. The third-order valence-corrected chi connectivity index (χ3v) is 4.18. The van der Waals surface area contributed by atoms with Crippen molar-refractivity contribution in [2.45, 2.75) is 0 Å². The van der Waals surface area contributed by atoms with Crippen molar-refractivity contribution in [3.8, 4) is 6.01 Å². The van der Waals surface area contributed by atoms with Crippen LogP contribution in [0.4, 0.5) is 0 Å². The predicted molar refractivity (Wildman–Crippen MR) is 84.0 cm³/mol. The molecule has 9 nitrogen and oxygen atoms in total. The quantitative estimate of drug-likeness (QED) is 0.694. The van der Waals surface area contributed by atoms with Gasteiger partial charge in [-0.25, -0.2) is 4.79 Å². The largest absolute Gasteiger partial charge is 0.463 e. The Bertz CT molecular complexity index is 828. The Kier molecular flexibility index (Phi) is 4.22. The summed E-state index contributed by atoms with van der Waals surface area (Å²) in [6, 6.07) is 0.339. The van der Waals surface area contributed by atoms with Crippen LogP contribution in [0, 0.1) is 0 Å². The lowest BCUT2D eigenvalue weighted by atomic mass is 10.4. The molecule has 9 heteroatoms. The van der Waals surface area contributed by atoms with Crippen LogP contribution in [0.1, 0.15) is 0 Å². The zero-order chi connectivity index (χ0) is 16.6. The minimum atomic E-state index is -0.402. The van der Waals surface area contributed by atoms with Crippen LogP contribution in [0.5, 0.6) is 6.01 Å². The molecular weight excluding hydrogens is 302 g/mol. The first-order chi connectivity index (χ1) is 11.0. The minimum absolute atomic E-state index is 0.335. The molecule has 1 aliphatic rings. The molecule has 0 spiro atoms. The average molecular weight is 323 g/mol. The number of fused-ring (bicyclic) bond motifs is 1. The second kappa shape index (κ2) is 6.17. The standard InChI is InChI=1S/C14H21N5O4/c1-16-10-11(17(2)14(21)18(3)12(10)20)15-13(16)23-9-6-19-4-7-22-8-5-19/h4-9H2,1-3H3. The smallest absolute Gasteiger partial charge is 0.332 e. The molecule has 0 aromatic carbocycles. The maximum atomic E-state index is 12.3. The van der Waals surface area contributed by atoms with Crippen molar-refractivity contribution in [1.82, 2.24) is 23.6 Å². The lowest BCUT2D eigenvalue weighted by Crippen LogP contribution is -2.38. The highest BCUT2D eigenvalue weighted by molar-refractivity contribution is 5.71. The molecule has 0 unspecified atom stereocenters. The molecule has 3 heterocycles. The first-order valence-electron chi connectivity index (χ1n) is 7.56. The topological polar surface area (TPSA) is 83.5 Å². The van der Waals surface area contributed by atoms with Crippen molar-refractivity contribution in [2.75, 3.05) is 39.5 Å². The summed E-state index contributed by atoms with van der Waals surface area (Å²) < 4.78 is 15.0. The maximum absolute atomic E-state index is 12.3. The van der Waals surface area contributed by atoms with E-state index >= 15 is 0 Å². The van der Waals surface area contributed by atoms with Crippen molar-refractivity contribution in [1.29, 1.82) is 0 Å². The second-order valence-electron chi connectivity index (χ2n) is 5.63. The van der Waals surface area contributed by atoms with Crippen LogP contribution >= 0.6 is 0 Å². The normalized spacial score (nSPS) is 16.1. The summed E-state index contributed by atoms with van der Waals surface area (Å²) in [5, 5.41) is 0. The molecule has 2 aromatic rings. The number of aromatic nitrogens is 4. The minimum Gasteiger partial charge on any atom is -0.463 e. The SMILES string of the molecule is Cn1c(=O)c2c(nc(OCCN3CCOCC3)n2C)n(C)c1=O. The van der Waals surface area contributed by atoms with Gasteiger partial charge in [0.1, 0.15) is 6.61 Å². The Labute approximate surface area is 132 Å². The second-order valence-corrected chi connectivity index (χ2v) is 5.63. The molecule has 126 valence electrons. The molecule has 0 atom stereocenters. The first-order valence-corrected chi connectivity index (χ1v) is 7.56. The van der Waals surface area contributed by atoms with Gasteiger partial charge in [0, 0.05) is 40.8 Å². The van der Waals surface area contributed by atoms with Gasteiger partial charge in [0.2, 0.25) is 0 Å². The molecule has 0 saturated carbocycles. The van der Waals surface area contributed by atoms with E-state index in [1.165, 1.54) is 11.6 Å². The van der Waals surface area contributed by atoms with E-state index in [4.69, 9.17) is 9.47 Å². The number of ether oxygens (including phenoxy) is 2. The van der Waals surface area contributed by atoms with E-state index in [1.54, 1.807) is 18.7 Å². The van der Waals surface area contributed by atoms with Crippen LogP contribution < -0.4 is 16.0 Å². The van der Waals surface area contributed by atoms with Crippen molar-refractivity contribution < 1.29 is 9.47 Å². The van der Waals surface area contributed by atoms with Gasteiger partial charge in [-0.2, -0.15) is 4.98 Å². The van der Waals surface area contributed by atoms with Gasteiger partial charge in [0.05, 0.1) is 13.2 Å². The van der Waals surface area contributed by atoms with Gasteiger partial charge < -0.3 is 9.47 Å². The third-order valence-electron chi connectivity index (χ3n) is 4.18.